The lowest BCUT2D eigenvalue weighted by molar-refractivity contribution is -0.384. The molecule has 1 aromatic heterocycles. The van der Waals surface area contributed by atoms with Gasteiger partial charge in [-0.15, -0.1) is 0 Å². The molecule has 0 saturated heterocycles. The maximum absolute atomic E-state index is 10.9. The van der Waals surface area contributed by atoms with Crippen molar-refractivity contribution in [2.24, 2.45) is 0 Å². The molecule has 0 N–H and O–H groups in total. The molecular formula is C27H23N3O3. The fourth-order valence-corrected chi connectivity index (χ4v) is 3.90. The first-order valence-electron chi connectivity index (χ1n) is 10.6. The van der Waals surface area contributed by atoms with Crippen LogP contribution < -0.4 is 4.74 Å². The normalized spacial score (nSPS) is 11.4. The Kier molecular flexibility index (Phi) is 6.23. The van der Waals surface area contributed by atoms with Crippen LogP contribution >= 0.6 is 0 Å². The summed E-state index contributed by atoms with van der Waals surface area (Å²) in [6, 6.07) is 24.3. The van der Waals surface area contributed by atoms with Crippen molar-refractivity contribution in [3.8, 4) is 11.8 Å². The van der Waals surface area contributed by atoms with Crippen LogP contribution in [0.1, 0.15) is 22.4 Å². The molecule has 0 aliphatic rings. The van der Waals surface area contributed by atoms with Crippen molar-refractivity contribution in [3.05, 3.63) is 105 Å². The van der Waals surface area contributed by atoms with Gasteiger partial charge in [0.1, 0.15) is 12.4 Å². The van der Waals surface area contributed by atoms with E-state index in [9.17, 15) is 15.4 Å². The average Bonchev–Trinajstić information content (AvgIpc) is 3.09. The van der Waals surface area contributed by atoms with E-state index in [0.29, 0.717) is 24.3 Å². The van der Waals surface area contributed by atoms with Gasteiger partial charge in [-0.2, -0.15) is 5.26 Å². The Labute approximate surface area is 192 Å². The van der Waals surface area contributed by atoms with Crippen molar-refractivity contribution in [2.45, 2.75) is 20.4 Å². The minimum Gasteiger partial charge on any atom is -0.492 e. The number of nitro groups is 1. The minimum absolute atomic E-state index is 0.00241. The van der Waals surface area contributed by atoms with E-state index in [-0.39, 0.29) is 5.69 Å². The van der Waals surface area contributed by atoms with E-state index in [0.717, 1.165) is 27.9 Å². The number of para-hydroxylation sites is 1. The zero-order valence-electron chi connectivity index (χ0n) is 18.5. The molecule has 0 saturated carbocycles. The van der Waals surface area contributed by atoms with Crippen LogP contribution in [0.25, 0.3) is 22.6 Å². The van der Waals surface area contributed by atoms with Gasteiger partial charge in [-0.05, 0) is 55.8 Å². The number of hydrogen-bond donors (Lipinski definition) is 0. The molecule has 3 aromatic carbocycles. The van der Waals surface area contributed by atoms with Crippen molar-refractivity contribution in [1.29, 1.82) is 5.26 Å². The zero-order valence-corrected chi connectivity index (χ0v) is 18.5. The van der Waals surface area contributed by atoms with Gasteiger partial charge >= 0.3 is 0 Å². The van der Waals surface area contributed by atoms with E-state index in [1.54, 1.807) is 12.1 Å². The summed E-state index contributed by atoms with van der Waals surface area (Å²) in [6.45, 7) is 5.25. The Morgan fingerprint density at radius 1 is 1.06 bits per heavy atom. The van der Waals surface area contributed by atoms with Crippen molar-refractivity contribution in [2.75, 3.05) is 6.61 Å². The summed E-state index contributed by atoms with van der Waals surface area (Å²) in [5, 5.41) is 21.8. The number of rotatable bonds is 7. The molecule has 164 valence electrons. The first-order chi connectivity index (χ1) is 16.0. The third kappa shape index (κ3) is 4.63. The smallest absolute Gasteiger partial charge is 0.269 e. The van der Waals surface area contributed by atoms with Gasteiger partial charge in [0.15, 0.2) is 0 Å². The van der Waals surface area contributed by atoms with Crippen LogP contribution in [-0.2, 0) is 6.54 Å². The first kappa shape index (κ1) is 21.8. The molecular weight excluding hydrogens is 414 g/mol. The molecule has 0 amide bonds. The maximum atomic E-state index is 10.9. The third-order valence-electron chi connectivity index (χ3n) is 5.68. The fourth-order valence-electron chi connectivity index (χ4n) is 3.90. The van der Waals surface area contributed by atoms with Crippen molar-refractivity contribution in [1.82, 2.24) is 4.57 Å². The topological polar surface area (TPSA) is 81.1 Å². The van der Waals surface area contributed by atoms with Gasteiger partial charge < -0.3 is 9.30 Å². The van der Waals surface area contributed by atoms with Gasteiger partial charge in [-0.1, -0.05) is 35.9 Å². The Bertz CT molecular complexity index is 1380. The van der Waals surface area contributed by atoms with Crippen LogP contribution in [0.5, 0.6) is 5.75 Å². The van der Waals surface area contributed by atoms with Crippen molar-refractivity contribution in [3.63, 3.8) is 0 Å². The molecule has 0 fully saturated rings. The quantitative estimate of drug-likeness (QED) is 0.193. The van der Waals surface area contributed by atoms with Crippen LogP contribution in [0, 0.1) is 35.3 Å². The number of allylic oxidation sites excluding steroid dienone is 1. The Morgan fingerprint density at radius 3 is 2.42 bits per heavy atom. The van der Waals surface area contributed by atoms with E-state index >= 15 is 0 Å². The highest BCUT2D eigenvalue weighted by Gasteiger charge is 2.14. The van der Waals surface area contributed by atoms with Gasteiger partial charge in [0.2, 0.25) is 0 Å². The average molecular weight is 437 g/mol. The minimum atomic E-state index is -0.448. The predicted molar refractivity (Wildman–Crippen MR) is 130 cm³/mol. The lowest BCUT2D eigenvalue weighted by Gasteiger charge is -2.10. The van der Waals surface area contributed by atoms with Gasteiger partial charge in [0.05, 0.1) is 23.1 Å². The monoisotopic (exact) mass is 437 g/mol. The maximum Gasteiger partial charge on any atom is 0.269 e. The van der Waals surface area contributed by atoms with E-state index in [4.69, 9.17) is 4.74 Å². The summed E-state index contributed by atoms with van der Waals surface area (Å²) in [7, 11) is 0. The van der Waals surface area contributed by atoms with Gasteiger partial charge in [0.25, 0.3) is 5.69 Å². The standard InChI is InChI=1S/C27H23N3O3/c1-19-7-13-24(14-8-19)33-16-15-29-20(2)26(25-5-3-4-6-27(25)29)17-22(18-28)21-9-11-23(12-10-21)30(31)32/h3-14,17H,15-16H2,1-2H3/b22-17+. The molecule has 4 rings (SSSR count). The number of aryl methyl sites for hydroxylation is 1. The lowest BCUT2D eigenvalue weighted by Crippen LogP contribution is -2.09. The molecule has 0 aliphatic heterocycles. The fraction of sp³-hybridized carbons (Fsp3) is 0.148. The highest BCUT2D eigenvalue weighted by Crippen LogP contribution is 2.30. The number of non-ortho nitro benzene ring substituents is 1. The van der Waals surface area contributed by atoms with Gasteiger partial charge in [0, 0.05) is 34.3 Å². The summed E-state index contributed by atoms with van der Waals surface area (Å²) in [5.74, 6) is 0.833. The first-order valence-corrected chi connectivity index (χ1v) is 10.6. The summed E-state index contributed by atoms with van der Waals surface area (Å²) < 4.78 is 8.13. The van der Waals surface area contributed by atoms with Crippen LogP contribution in [-0.4, -0.2) is 16.1 Å². The molecule has 0 bridgehead atoms. The highest BCUT2D eigenvalue weighted by molar-refractivity contribution is 5.99. The van der Waals surface area contributed by atoms with E-state index in [1.807, 2.05) is 62.4 Å². The molecule has 33 heavy (non-hydrogen) atoms. The SMILES string of the molecule is Cc1ccc(OCCn2c(C)c(/C=C(\C#N)c3ccc([N+](=O)[O-])cc3)c3ccccc32)cc1. The van der Waals surface area contributed by atoms with E-state index < -0.39 is 4.92 Å². The molecule has 6 heteroatoms. The van der Waals surface area contributed by atoms with E-state index in [1.165, 1.54) is 17.7 Å². The second-order valence-corrected chi connectivity index (χ2v) is 7.80. The molecule has 4 aromatic rings. The number of hydrogen-bond acceptors (Lipinski definition) is 4. The van der Waals surface area contributed by atoms with E-state index in [2.05, 4.69) is 16.7 Å². The number of nitriles is 1. The predicted octanol–water partition coefficient (Wildman–Crippen LogP) is 6.31. The van der Waals surface area contributed by atoms with Gasteiger partial charge in [-0.25, -0.2) is 0 Å². The van der Waals surface area contributed by atoms with Crippen LogP contribution in [0.3, 0.4) is 0 Å². The Morgan fingerprint density at radius 2 is 1.76 bits per heavy atom. The number of aromatic nitrogens is 1. The molecule has 0 aliphatic carbocycles. The molecule has 6 nitrogen and oxygen atoms in total. The highest BCUT2D eigenvalue weighted by atomic mass is 16.6. The van der Waals surface area contributed by atoms with Crippen LogP contribution in [0.4, 0.5) is 5.69 Å². The largest absolute Gasteiger partial charge is 0.492 e. The third-order valence-corrected chi connectivity index (χ3v) is 5.68. The van der Waals surface area contributed by atoms with Gasteiger partial charge in [-0.3, -0.25) is 10.1 Å². The number of ether oxygens (including phenoxy) is 1. The van der Waals surface area contributed by atoms with Crippen molar-refractivity contribution >= 4 is 28.2 Å². The summed E-state index contributed by atoms with van der Waals surface area (Å²) in [4.78, 5) is 10.5. The zero-order chi connectivity index (χ0) is 23.4. The lowest BCUT2D eigenvalue weighted by atomic mass is 10.0. The number of nitrogens with zero attached hydrogens (tertiary/aromatic N) is 3. The Balaban J connectivity index is 1.66. The van der Waals surface area contributed by atoms with Crippen LogP contribution in [0.2, 0.25) is 0 Å². The number of fused-ring (bicyclic) bond motifs is 1. The summed E-state index contributed by atoms with van der Waals surface area (Å²) in [6.07, 6.45) is 1.86. The van der Waals surface area contributed by atoms with Crippen molar-refractivity contribution < 1.29 is 9.66 Å². The Hall–Kier alpha value is -4.37. The number of nitro benzene ring substituents is 1. The molecule has 0 unspecified atom stereocenters. The number of benzene rings is 3. The molecule has 0 atom stereocenters. The second-order valence-electron chi connectivity index (χ2n) is 7.80. The molecule has 0 radical (unpaired) electrons. The summed E-state index contributed by atoms with van der Waals surface area (Å²) in [5.41, 5.74) is 5.32. The summed E-state index contributed by atoms with van der Waals surface area (Å²) >= 11 is 0. The second kappa shape index (κ2) is 9.41. The molecule has 1 heterocycles. The molecule has 0 spiro atoms. The van der Waals surface area contributed by atoms with Crippen LogP contribution in [0.15, 0.2) is 72.8 Å².